The van der Waals surface area contributed by atoms with Gasteiger partial charge in [0.15, 0.2) is 0 Å². The number of amides is 1. The Morgan fingerprint density at radius 1 is 1.39 bits per heavy atom. The summed E-state index contributed by atoms with van der Waals surface area (Å²) in [6.45, 7) is 2.04. The number of para-hydroxylation sites is 1. The lowest BCUT2D eigenvalue weighted by Crippen LogP contribution is -2.42. The summed E-state index contributed by atoms with van der Waals surface area (Å²) in [4.78, 5) is 28.8. The van der Waals surface area contributed by atoms with E-state index in [2.05, 4.69) is 10.3 Å². The van der Waals surface area contributed by atoms with Crippen LogP contribution in [0.15, 0.2) is 29.3 Å². The monoisotopic (exact) mass is 315 g/mol. The van der Waals surface area contributed by atoms with Crippen molar-refractivity contribution >= 4 is 16.8 Å². The van der Waals surface area contributed by atoms with E-state index < -0.39 is 5.60 Å². The lowest BCUT2D eigenvalue weighted by Gasteiger charge is -2.22. The number of nitrogens with one attached hydrogen (secondary N) is 1. The van der Waals surface area contributed by atoms with Gasteiger partial charge in [0, 0.05) is 6.54 Å². The smallest absolute Gasteiger partial charge is 0.261 e. The Bertz CT molecular complexity index is 791. The van der Waals surface area contributed by atoms with Crippen LogP contribution in [0.25, 0.3) is 10.9 Å². The molecule has 2 aromatic rings. The highest BCUT2D eigenvalue weighted by molar-refractivity contribution is 5.81. The number of nitrogens with zero attached hydrogens (tertiary/aromatic N) is 2. The van der Waals surface area contributed by atoms with Gasteiger partial charge in [0.1, 0.15) is 6.54 Å². The highest BCUT2D eigenvalue weighted by Gasteiger charge is 2.31. The minimum absolute atomic E-state index is 0.0915. The fourth-order valence-electron chi connectivity index (χ4n) is 3.13. The zero-order valence-electron chi connectivity index (χ0n) is 13.2. The zero-order chi connectivity index (χ0) is 16.4. The number of hydrogen-bond donors (Lipinski definition) is 2. The molecule has 23 heavy (non-hydrogen) atoms. The van der Waals surface area contributed by atoms with Crippen molar-refractivity contribution in [3.8, 4) is 0 Å². The van der Waals surface area contributed by atoms with Gasteiger partial charge in [-0.2, -0.15) is 0 Å². The molecule has 0 saturated heterocycles. The predicted molar refractivity (Wildman–Crippen MR) is 87.2 cm³/mol. The summed E-state index contributed by atoms with van der Waals surface area (Å²) < 4.78 is 1.30. The Kier molecular flexibility index (Phi) is 4.17. The Balaban J connectivity index is 1.72. The van der Waals surface area contributed by atoms with E-state index in [9.17, 15) is 14.7 Å². The first-order chi connectivity index (χ1) is 11.0. The van der Waals surface area contributed by atoms with Crippen LogP contribution in [0.1, 0.15) is 31.2 Å². The van der Waals surface area contributed by atoms with Crippen LogP contribution in [0.2, 0.25) is 0 Å². The average Bonchev–Trinajstić information content (AvgIpc) is 2.96. The van der Waals surface area contributed by atoms with E-state index in [0.29, 0.717) is 23.7 Å². The quantitative estimate of drug-likeness (QED) is 0.886. The number of aromatic nitrogens is 2. The summed E-state index contributed by atoms with van der Waals surface area (Å²) in [5.41, 5.74) is 0.571. The maximum absolute atomic E-state index is 12.4. The van der Waals surface area contributed by atoms with Crippen LogP contribution in [0.4, 0.5) is 0 Å². The van der Waals surface area contributed by atoms with Crippen molar-refractivity contribution in [1.29, 1.82) is 0 Å². The van der Waals surface area contributed by atoms with Crippen LogP contribution in [0.5, 0.6) is 0 Å². The van der Waals surface area contributed by atoms with E-state index in [0.717, 1.165) is 18.4 Å². The van der Waals surface area contributed by atoms with Gasteiger partial charge < -0.3 is 10.4 Å². The van der Waals surface area contributed by atoms with Gasteiger partial charge in [-0.1, -0.05) is 25.0 Å². The average molecular weight is 315 g/mol. The topological polar surface area (TPSA) is 84.2 Å². The molecule has 2 N–H and O–H groups in total. The zero-order valence-corrected chi connectivity index (χ0v) is 13.2. The van der Waals surface area contributed by atoms with Crippen molar-refractivity contribution in [2.75, 3.05) is 6.54 Å². The van der Waals surface area contributed by atoms with E-state index in [1.807, 2.05) is 13.0 Å². The molecule has 6 heteroatoms. The van der Waals surface area contributed by atoms with Crippen molar-refractivity contribution in [2.24, 2.45) is 0 Å². The maximum Gasteiger partial charge on any atom is 0.261 e. The number of hydrogen-bond acceptors (Lipinski definition) is 4. The molecule has 0 aliphatic heterocycles. The maximum atomic E-state index is 12.4. The van der Waals surface area contributed by atoms with Crippen molar-refractivity contribution in [3.05, 3.63) is 40.4 Å². The van der Waals surface area contributed by atoms with E-state index >= 15 is 0 Å². The molecule has 1 heterocycles. The largest absolute Gasteiger partial charge is 0.388 e. The molecule has 1 fully saturated rings. The van der Waals surface area contributed by atoms with Crippen LogP contribution < -0.4 is 10.9 Å². The molecular weight excluding hydrogens is 294 g/mol. The number of rotatable bonds is 4. The predicted octanol–water partition coefficient (Wildman–Crippen LogP) is 1.13. The van der Waals surface area contributed by atoms with Crippen molar-refractivity contribution in [1.82, 2.24) is 14.9 Å². The van der Waals surface area contributed by atoms with E-state index in [1.165, 1.54) is 10.9 Å². The van der Waals surface area contributed by atoms with Gasteiger partial charge in [-0.15, -0.1) is 0 Å². The molecule has 1 aromatic carbocycles. The summed E-state index contributed by atoms with van der Waals surface area (Å²) in [6.07, 6.45) is 4.80. The highest BCUT2D eigenvalue weighted by Crippen LogP contribution is 2.28. The summed E-state index contributed by atoms with van der Waals surface area (Å²) >= 11 is 0. The lowest BCUT2D eigenvalue weighted by atomic mass is 10.0. The van der Waals surface area contributed by atoms with Crippen LogP contribution >= 0.6 is 0 Å². The lowest BCUT2D eigenvalue weighted by molar-refractivity contribution is -0.123. The third-order valence-corrected chi connectivity index (χ3v) is 4.52. The number of aliphatic hydroxyl groups is 1. The first-order valence-corrected chi connectivity index (χ1v) is 7.92. The highest BCUT2D eigenvalue weighted by atomic mass is 16.3. The first-order valence-electron chi connectivity index (χ1n) is 7.92. The molecule has 1 amide bonds. The van der Waals surface area contributed by atoms with E-state index in [-0.39, 0.29) is 24.6 Å². The second-order valence-electron chi connectivity index (χ2n) is 6.36. The van der Waals surface area contributed by atoms with Gasteiger partial charge in [-0.05, 0) is 31.4 Å². The van der Waals surface area contributed by atoms with Crippen molar-refractivity contribution < 1.29 is 9.90 Å². The van der Waals surface area contributed by atoms with Gasteiger partial charge in [0.05, 0.1) is 22.8 Å². The Morgan fingerprint density at radius 2 is 2.13 bits per heavy atom. The fourth-order valence-corrected chi connectivity index (χ4v) is 3.13. The minimum Gasteiger partial charge on any atom is -0.388 e. The fraction of sp³-hybridized carbons (Fsp3) is 0.471. The van der Waals surface area contributed by atoms with Gasteiger partial charge >= 0.3 is 0 Å². The molecular formula is C17H21N3O3. The molecule has 1 aliphatic carbocycles. The standard InChI is InChI=1S/C17H21N3O3/c1-12-5-4-6-13-15(12)19-11-20(16(13)22)9-14(21)18-10-17(23)7-2-3-8-17/h4-6,11,23H,2-3,7-10H2,1H3,(H,18,21). The van der Waals surface area contributed by atoms with Crippen LogP contribution in [0, 0.1) is 6.92 Å². The number of aryl methyl sites for hydroxylation is 1. The van der Waals surface area contributed by atoms with E-state index in [4.69, 9.17) is 0 Å². The third-order valence-electron chi connectivity index (χ3n) is 4.52. The number of carbonyl (C=O) groups is 1. The van der Waals surface area contributed by atoms with Gasteiger partial charge in [-0.3, -0.25) is 14.2 Å². The number of benzene rings is 1. The SMILES string of the molecule is Cc1cccc2c(=O)n(CC(=O)NCC3(O)CCCC3)cnc12. The minimum atomic E-state index is -0.792. The molecule has 0 spiro atoms. The second kappa shape index (κ2) is 6.12. The molecule has 6 nitrogen and oxygen atoms in total. The Hall–Kier alpha value is -2.21. The Labute approximate surface area is 134 Å². The summed E-state index contributed by atoms with van der Waals surface area (Å²) in [5.74, 6) is -0.291. The summed E-state index contributed by atoms with van der Waals surface area (Å²) in [7, 11) is 0. The van der Waals surface area contributed by atoms with Gasteiger partial charge in [-0.25, -0.2) is 4.98 Å². The number of carbonyl (C=O) groups excluding carboxylic acids is 1. The second-order valence-corrected chi connectivity index (χ2v) is 6.36. The normalized spacial score (nSPS) is 16.6. The van der Waals surface area contributed by atoms with Gasteiger partial charge in [0.25, 0.3) is 5.56 Å². The van der Waals surface area contributed by atoms with Crippen molar-refractivity contribution in [3.63, 3.8) is 0 Å². The van der Waals surface area contributed by atoms with Crippen molar-refractivity contribution in [2.45, 2.75) is 44.8 Å². The molecule has 122 valence electrons. The summed E-state index contributed by atoms with van der Waals surface area (Å²) in [5, 5.41) is 13.5. The Morgan fingerprint density at radius 3 is 2.87 bits per heavy atom. The van der Waals surface area contributed by atoms with Crippen LogP contribution in [-0.4, -0.2) is 32.7 Å². The third kappa shape index (κ3) is 3.27. The molecule has 1 aromatic heterocycles. The molecule has 3 rings (SSSR count). The molecule has 0 bridgehead atoms. The van der Waals surface area contributed by atoms with E-state index in [1.54, 1.807) is 12.1 Å². The molecule has 0 atom stereocenters. The van der Waals surface area contributed by atoms with Gasteiger partial charge in [0.2, 0.25) is 5.91 Å². The van der Waals surface area contributed by atoms with Crippen LogP contribution in [-0.2, 0) is 11.3 Å². The molecule has 0 radical (unpaired) electrons. The number of fused-ring (bicyclic) bond motifs is 1. The molecule has 1 aliphatic rings. The molecule has 1 saturated carbocycles. The molecule has 0 unspecified atom stereocenters. The van der Waals surface area contributed by atoms with Crippen LogP contribution in [0.3, 0.4) is 0 Å². The summed E-state index contributed by atoms with van der Waals surface area (Å²) in [6, 6.07) is 5.42. The first kappa shape index (κ1) is 15.7.